The van der Waals surface area contributed by atoms with Crippen LogP contribution in [0.2, 0.25) is 0 Å². The lowest BCUT2D eigenvalue weighted by molar-refractivity contribution is 0.0741. The third kappa shape index (κ3) is 2.46. The summed E-state index contributed by atoms with van der Waals surface area (Å²) in [5, 5.41) is 12.6. The number of fused-ring (bicyclic) bond motifs is 2. The fourth-order valence-electron chi connectivity index (χ4n) is 3.04. The zero-order valence-electron chi connectivity index (χ0n) is 11.2. The molecule has 2 aliphatic rings. The van der Waals surface area contributed by atoms with E-state index in [4.69, 9.17) is 0 Å². The number of aromatic hydroxyl groups is 1. The Morgan fingerprint density at radius 1 is 1.19 bits per heavy atom. The molecule has 2 aliphatic heterocycles. The lowest BCUT2D eigenvalue weighted by Gasteiger charge is -2.24. The molecule has 2 N–H and O–H groups in total. The summed E-state index contributed by atoms with van der Waals surface area (Å²) in [4.78, 5) is 13.7. The Morgan fingerprint density at radius 3 is 2.67 bits per heavy atom. The average molecular weight is 300 g/mol. The Morgan fingerprint density at radius 2 is 1.90 bits per heavy atom. The fourth-order valence-corrected chi connectivity index (χ4v) is 3.04. The Balaban J connectivity index is 1.88. The van der Waals surface area contributed by atoms with Gasteiger partial charge in [-0.15, -0.1) is 0 Å². The van der Waals surface area contributed by atoms with Crippen molar-refractivity contribution in [2.45, 2.75) is 31.3 Å². The van der Waals surface area contributed by atoms with Crippen LogP contribution in [0, 0.1) is 17.5 Å². The van der Waals surface area contributed by atoms with Gasteiger partial charge in [0.05, 0.1) is 5.56 Å². The van der Waals surface area contributed by atoms with Crippen molar-refractivity contribution in [3.63, 3.8) is 0 Å². The number of rotatable bonds is 1. The van der Waals surface area contributed by atoms with Crippen molar-refractivity contribution in [1.82, 2.24) is 10.2 Å². The number of halogens is 3. The number of benzene rings is 1. The molecule has 3 rings (SSSR count). The normalized spacial score (nSPS) is 25.0. The maximum absolute atomic E-state index is 13.8. The minimum atomic E-state index is -1.68. The smallest absolute Gasteiger partial charge is 0.257 e. The van der Waals surface area contributed by atoms with Gasteiger partial charge < -0.3 is 15.3 Å². The molecular weight excluding hydrogens is 285 g/mol. The molecule has 2 saturated heterocycles. The van der Waals surface area contributed by atoms with Crippen LogP contribution in [-0.4, -0.2) is 41.1 Å². The molecule has 2 atom stereocenters. The third-order valence-corrected chi connectivity index (χ3v) is 4.17. The summed E-state index contributed by atoms with van der Waals surface area (Å²) in [5.41, 5.74) is -0.635. The number of phenols is 1. The summed E-state index contributed by atoms with van der Waals surface area (Å²) in [7, 11) is 0. The molecule has 1 aromatic rings. The second kappa shape index (κ2) is 5.22. The van der Waals surface area contributed by atoms with E-state index in [9.17, 15) is 23.1 Å². The van der Waals surface area contributed by atoms with E-state index in [-0.39, 0.29) is 6.04 Å². The van der Waals surface area contributed by atoms with Crippen LogP contribution < -0.4 is 5.32 Å². The first kappa shape index (κ1) is 14.2. The first-order valence-corrected chi connectivity index (χ1v) is 6.89. The summed E-state index contributed by atoms with van der Waals surface area (Å²) < 4.78 is 40.2. The molecular formula is C14H15F3N2O2. The van der Waals surface area contributed by atoms with E-state index in [0.29, 0.717) is 25.2 Å². The molecule has 2 unspecified atom stereocenters. The largest absolute Gasteiger partial charge is 0.503 e. The van der Waals surface area contributed by atoms with Gasteiger partial charge in [0.25, 0.3) is 5.91 Å². The highest BCUT2D eigenvalue weighted by molar-refractivity contribution is 5.95. The molecule has 1 amide bonds. The summed E-state index contributed by atoms with van der Waals surface area (Å²) >= 11 is 0. The van der Waals surface area contributed by atoms with Crippen molar-refractivity contribution in [1.29, 1.82) is 0 Å². The van der Waals surface area contributed by atoms with Crippen molar-refractivity contribution in [2.75, 3.05) is 13.1 Å². The van der Waals surface area contributed by atoms with E-state index in [1.54, 1.807) is 0 Å². The number of hydrogen-bond acceptors (Lipinski definition) is 3. The van der Waals surface area contributed by atoms with Gasteiger partial charge in [-0.1, -0.05) is 0 Å². The third-order valence-electron chi connectivity index (χ3n) is 4.17. The monoisotopic (exact) mass is 300 g/mol. The number of carbonyl (C=O) groups is 1. The zero-order chi connectivity index (χ0) is 15.1. The molecule has 21 heavy (non-hydrogen) atoms. The van der Waals surface area contributed by atoms with Gasteiger partial charge in [0.15, 0.2) is 17.4 Å². The molecule has 1 aromatic carbocycles. The predicted molar refractivity (Wildman–Crippen MR) is 68.4 cm³/mol. The molecule has 114 valence electrons. The molecule has 4 nitrogen and oxygen atoms in total. The maximum Gasteiger partial charge on any atom is 0.257 e. The number of phenolic OH excluding ortho intramolecular Hbond substituents is 1. The molecule has 0 aromatic heterocycles. The molecule has 2 heterocycles. The molecule has 0 radical (unpaired) electrons. The second-order valence-electron chi connectivity index (χ2n) is 5.56. The average Bonchev–Trinajstić information content (AvgIpc) is 2.79. The van der Waals surface area contributed by atoms with Crippen LogP contribution in [-0.2, 0) is 0 Å². The fraction of sp³-hybridized carbons (Fsp3) is 0.500. The van der Waals surface area contributed by atoms with Crippen LogP contribution in [0.5, 0.6) is 5.75 Å². The highest BCUT2D eigenvalue weighted by Gasteiger charge is 2.33. The minimum Gasteiger partial charge on any atom is -0.503 e. The van der Waals surface area contributed by atoms with Gasteiger partial charge in [0.1, 0.15) is 0 Å². The summed E-state index contributed by atoms with van der Waals surface area (Å²) in [6.07, 6.45) is 2.71. The number of nitrogens with one attached hydrogen (secondary N) is 1. The molecule has 0 spiro atoms. The van der Waals surface area contributed by atoms with Gasteiger partial charge in [-0.2, -0.15) is 4.39 Å². The Hall–Kier alpha value is -1.76. The van der Waals surface area contributed by atoms with Crippen LogP contribution in [0.15, 0.2) is 6.07 Å². The number of likely N-dealkylation sites (tertiary alicyclic amines) is 1. The van der Waals surface area contributed by atoms with E-state index in [1.165, 1.54) is 4.90 Å². The van der Waals surface area contributed by atoms with Crippen LogP contribution in [0.3, 0.4) is 0 Å². The van der Waals surface area contributed by atoms with Crippen molar-refractivity contribution in [3.8, 4) is 5.75 Å². The standard InChI is InChI=1S/C14H15F3N2O2/c15-10-5-9(11(16)13(20)12(10)17)14(21)19-4-3-7-1-2-8(6-19)18-7/h5,7-8,18,20H,1-4,6H2. The quantitative estimate of drug-likeness (QED) is 0.777. The first-order valence-electron chi connectivity index (χ1n) is 6.89. The van der Waals surface area contributed by atoms with Crippen LogP contribution in [0.25, 0.3) is 0 Å². The Bertz CT molecular complexity index is 594. The van der Waals surface area contributed by atoms with E-state index >= 15 is 0 Å². The number of nitrogens with zero attached hydrogens (tertiary/aromatic N) is 1. The highest BCUT2D eigenvalue weighted by atomic mass is 19.2. The van der Waals surface area contributed by atoms with Crippen LogP contribution in [0.4, 0.5) is 13.2 Å². The van der Waals surface area contributed by atoms with E-state index in [2.05, 4.69) is 5.32 Å². The van der Waals surface area contributed by atoms with E-state index in [1.807, 2.05) is 0 Å². The summed E-state index contributed by atoms with van der Waals surface area (Å²) in [5.74, 6) is -6.71. The van der Waals surface area contributed by atoms with Crippen molar-refractivity contribution >= 4 is 5.91 Å². The van der Waals surface area contributed by atoms with Gasteiger partial charge in [-0.25, -0.2) is 8.78 Å². The minimum absolute atomic E-state index is 0.142. The van der Waals surface area contributed by atoms with E-state index < -0.39 is 34.7 Å². The van der Waals surface area contributed by atoms with Crippen molar-refractivity contribution < 1.29 is 23.1 Å². The number of amides is 1. The molecule has 7 heteroatoms. The first-order chi connectivity index (χ1) is 9.97. The molecule has 2 bridgehead atoms. The predicted octanol–water partition coefficient (Wildman–Crippen LogP) is 1.78. The lowest BCUT2D eigenvalue weighted by Crippen LogP contribution is -2.39. The zero-order valence-corrected chi connectivity index (χ0v) is 11.2. The maximum atomic E-state index is 13.8. The second-order valence-corrected chi connectivity index (χ2v) is 5.56. The molecule has 0 aliphatic carbocycles. The Labute approximate surface area is 119 Å². The molecule has 2 fully saturated rings. The number of carbonyl (C=O) groups excluding carboxylic acids is 1. The summed E-state index contributed by atoms with van der Waals surface area (Å²) in [6, 6.07) is 0.989. The van der Waals surface area contributed by atoms with E-state index in [0.717, 1.165) is 19.3 Å². The van der Waals surface area contributed by atoms with Gasteiger partial charge >= 0.3 is 0 Å². The van der Waals surface area contributed by atoms with Crippen LogP contribution >= 0.6 is 0 Å². The lowest BCUT2D eigenvalue weighted by atomic mass is 10.1. The Kier molecular flexibility index (Phi) is 3.52. The van der Waals surface area contributed by atoms with Crippen LogP contribution in [0.1, 0.15) is 29.6 Å². The highest BCUT2D eigenvalue weighted by Crippen LogP contribution is 2.28. The van der Waals surface area contributed by atoms with Crippen molar-refractivity contribution in [2.24, 2.45) is 0 Å². The summed E-state index contributed by atoms with van der Waals surface area (Å²) in [6.45, 7) is 0.820. The SMILES string of the molecule is O=C(c1cc(F)c(F)c(O)c1F)N1CCC2CCC(C1)N2. The topological polar surface area (TPSA) is 52.6 Å². The van der Waals surface area contributed by atoms with Crippen molar-refractivity contribution in [3.05, 3.63) is 29.1 Å². The number of hydrogen-bond donors (Lipinski definition) is 2. The van der Waals surface area contributed by atoms with Gasteiger partial charge in [-0.05, 0) is 25.3 Å². The van der Waals surface area contributed by atoms with Gasteiger partial charge in [0, 0.05) is 25.2 Å². The van der Waals surface area contributed by atoms with Gasteiger partial charge in [-0.3, -0.25) is 4.79 Å². The molecule has 0 saturated carbocycles. The van der Waals surface area contributed by atoms with Gasteiger partial charge in [0.2, 0.25) is 5.82 Å².